The summed E-state index contributed by atoms with van der Waals surface area (Å²) in [6, 6.07) is 9.55. The van der Waals surface area contributed by atoms with Crippen LogP contribution in [0.1, 0.15) is 57.8 Å². The summed E-state index contributed by atoms with van der Waals surface area (Å²) in [5.74, 6) is 0.183. The molecule has 0 aliphatic carbocycles. The second kappa shape index (κ2) is 5.73. The minimum Gasteiger partial charge on any atom is -0.293 e. The van der Waals surface area contributed by atoms with Crippen molar-refractivity contribution >= 4 is 5.78 Å². The Balaban J connectivity index is 3.14. The van der Waals surface area contributed by atoms with Gasteiger partial charge in [0, 0.05) is 5.56 Å². The standard InChI is InChI=1S/C18H26O/c1-7-17(4,5)13-18(6,14(2)3)16(19)15-11-9-8-10-12-15/h8-12H,2,7,13H2,1,3-6H3. The van der Waals surface area contributed by atoms with Crippen LogP contribution < -0.4 is 0 Å². The SMILES string of the molecule is C=C(C)C(C)(CC(C)(C)CC)C(=O)c1ccccc1. The second-order valence-electron chi connectivity index (χ2n) is 6.50. The molecular formula is C18H26O. The van der Waals surface area contributed by atoms with Crippen LogP contribution in [-0.4, -0.2) is 5.78 Å². The van der Waals surface area contributed by atoms with Gasteiger partial charge in [0.05, 0.1) is 5.41 Å². The maximum atomic E-state index is 12.8. The van der Waals surface area contributed by atoms with Crippen molar-refractivity contribution < 1.29 is 4.79 Å². The molecule has 104 valence electrons. The largest absolute Gasteiger partial charge is 0.293 e. The third-order valence-electron chi connectivity index (χ3n) is 4.27. The maximum absolute atomic E-state index is 12.8. The van der Waals surface area contributed by atoms with Gasteiger partial charge < -0.3 is 0 Å². The normalized spacial score (nSPS) is 14.8. The number of allylic oxidation sites excluding steroid dienone is 1. The van der Waals surface area contributed by atoms with Gasteiger partial charge >= 0.3 is 0 Å². The van der Waals surface area contributed by atoms with E-state index >= 15 is 0 Å². The van der Waals surface area contributed by atoms with Gasteiger partial charge in [-0.1, -0.05) is 69.7 Å². The number of carbonyl (C=O) groups is 1. The van der Waals surface area contributed by atoms with Crippen molar-refractivity contribution in [3.05, 3.63) is 48.0 Å². The van der Waals surface area contributed by atoms with Crippen molar-refractivity contribution in [2.24, 2.45) is 10.8 Å². The van der Waals surface area contributed by atoms with Gasteiger partial charge in [0.1, 0.15) is 0 Å². The number of carbonyl (C=O) groups excluding carboxylic acids is 1. The maximum Gasteiger partial charge on any atom is 0.172 e. The third kappa shape index (κ3) is 3.56. The summed E-state index contributed by atoms with van der Waals surface area (Å²) in [6.45, 7) is 14.7. The van der Waals surface area contributed by atoms with Crippen LogP contribution in [-0.2, 0) is 0 Å². The minimum atomic E-state index is -0.485. The fourth-order valence-corrected chi connectivity index (χ4v) is 2.42. The smallest absolute Gasteiger partial charge is 0.172 e. The Morgan fingerprint density at radius 2 is 1.68 bits per heavy atom. The van der Waals surface area contributed by atoms with E-state index in [-0.39, 0.29) is 11.2 Å². The highest BCUT2D eigenvalue weighted by Gasteiger charge is 2.39. The molecule has 0 saturated carbocycles. The van der Waals surface area contributed by atoms with Gasteiger partial charge in [-0.2, -0.15) is 0 Å². The lowest BCUT2D eigenvalue weighted by atomic mass is 9.66. The summed E-state index contributed by atoms with van der Waals surface area (Å²) < 4.78 is 0. The predicted octanol–water partition coefficient (Wildman–Crippen LogP) is 5.28. The molecule has 0 amide bonds. The molecule has 1 rings (SSSR count). The number of hydrogen-bond acceptors (Lipinski definition) is 1. The van der Waals surface area contributed by atoms with E-state index in [1.165, 1.54) is 0 Å². The topological polar surface area (TPSA) is 17.1 Å². The zero-order chi connectivity index (χ0) is 14.7. The highest BCUT2D eigenvalue weighted by molar-refractivity contribution is 6.02. The number of Topliss-reactive ketones (excluding diaryl/α,β-unsaturated/α-hetero) is 1. The van der Waals surface area contributed by atoms with E-state index in [0.717, 1.165) is 24.0 Å². The van der Waals surface area contributed by atoms with Crippen LogP contribution in [0.2, 0.25) is 0 Å². The predicted molar refractivity (Wildman–Crippen MR) is 82.4 cm³/mol. The van der Waals surface area contributed by atoms with E-state index < -0.39 is 5.41 Å². The van der Waals surface area contributed by atoms with Gasteiger partial charge in [0.2, 0.25) is 0 Å². The molecule has 0 fully saturated rings. The van der Waals surface area contributed by atoms with Gasteiger partial charge in [-0.25, -0.2) is 0 Å². The monoisotopic (exact) mass is 258 g/mol. The zero-order valence-corrected chi connectivity index (χ0v) is 12.9. The number of hydrogen-bond donors (Lipinski definition) is 0. The molecule has 1 aromatic rings. The van der Waals surface area contributed by atoms with Crippen molar-refractivity contribution in [1.82, 2.24) is 0 Å². The molecule has 0 bridgehead atoms. The van der Waals surface area contributed by atoms with Crippen LogP contribution in [0.4, 0.5) is 0 Å². The number of rotatable bonds is 6. The molecule has 0 heterocycles. The van der Waals surface area contributed by atoms with Crippen LogP contribution in [0.5, 0.6) is 0 Å². The van der Waals surface area contributed by atoms with E-state index in [9.17, 15) is 4.79 Å². The summed E-state index contributed by atoms with van der Waals surface area (Å²) in [5.41, 5.74) is 1.38. The van der Waals surface area contributed by atoms with E-state index in [1.54, 1.807) is 0 Å². The lowest BCUT2D eigenvalue weighted by Gasteiger charge is -2.36. The Kier molecular flexibility index (Phi) is 4.73. The molecule has 0 spiro atoms. The fraction of sp³-hybridized carbons (Fsp3) is 0.500. The summed E-state index contributed by atoms with van der Waals surface area (Å²) >= 11 is 0. The Morgan fingerprint density at radius 1 is 1.16 bits per heavy atom. The average molecular weight is 258 g/mol. The number of benzene rings is 1. The molecule has 0 N–H and O–H groups in total. The van der Waals surface area contributed by atoms with Crippen molar-refractivity contribution in [1.29, 1.82) is 0 Å². The molecule has 1 nitrogen and oxygen atoms in total. The van der Waals surface area contributed by atoms with E-state index in [0.29, 0.717) is 0 Å². The lowest BCUT2D eigenvalue weighted by molar-refractivity contribution is 0.0785. The van der Waals surface area contributed by atoms with Gasteiger partial charge in [0.25, 0.3) is 0 Å². The van der Waals surface area contributed by atoms with Crippen molar-refractivity contribution in [3.8, 4) is 0 Å². The fourth-order valence-electron chi connectivity index (χ4n) is 2.42. The summed E-state index contributed by atoms with van der Waals surface area (Å²) in [7, 11) is 0. The van der Waals surface area contributed by atoms with Gasteiger partial charge in [-0.05, 0) is 25.7 Å². The first-order valence-corrected chi connectivity index (χ1v) is 6.99. The van der Waals surface area contributed by atoms with Gasteiger partial charge in [0.15, 0.2) is 5.78 Å². The first-order valence-electron chi connectivity index (χ1n) is 6.99. The Hall–Kier alpha value is -1.37. The Bertz CT molecular complexity index is 456. The second-order valence-corrected chi connectivity index (χ2v) is 6.50. The van der Waals surface area contributed by atoms with Crippen LogP contribution in [0.25, 0.3) is 0 Å². The Morgan fingerprint density at radius 3 is 2.11 bits per heavy atom. The number of ketones is 1. The molecule has 0 aromatic heterocycles. The van der Waals surface area contributed by atoms with Crippen molar-refractivity contribution in [2.75, 3.05) is 0 Å². The highest BCUT2D eigenvalue weighted by atomic mass is 16.1. The van der Waals surface area contributed by atoms with Crippen LogP contribution in [0.3, 0.4) is 0 Å². The highest BCUT2D eigenvalue weighted by Crippen LogP contribution is 2.42. The van der Waals surface area contributed by atoms with E-state index in [1.807, 2.05) is 44.2 Å². The molecule has 0 saturated heterocycles. The molecule has 19 heavy (non-hydrogen) atoms. The van der Waals surface area contributed by atoms with Crippen LogP contribution in [0, 0.1) is 10.8 Å². The van der Waals surface area contributed by atoms with Gasteiger partial charge in [-0.15, -0.1) is 0 Å². The van der Waals surface area contributed by atoms with E-state index in [2.05, 4.69) is 27.4 Å². The summed E-state index contributed by atoms with van der Waals surface area (Å²) in [5, 5.41) is 0. The van der Waals surface area contributed by atoms with Crippen LogP contribution in [0.15, 0.2) is 42.5 Å². The van der Waals surface area contributed by atoms with E-state index in [4.69, 9.17) is 0 Å². The Labute approximate surface area is 117 Å². The summed E-state index contributed by atoms with van der Waals surface area (Å²) in [6.07, 6.45) is 1.89. The zero-order valence-electron chi connectivity index (χ0n) is 12.9. The molecule has 1 atom stereocenters. The molecule has 1 unspecified atom stereocenters. The molecule has 0 radical (unpaired) electrons. The van der Waals surface area contributed by atoms with Crippen molar-refractivity contribution in [2.45, 2.75) is 47.5 Å². The molecule has 1 heteroatoms. The van der Waals surface area contributed by atoms with Crippen molar-refractivity contribution in [3.63, 3.8) is 0 Å². The van der Waals surface area contributed by atoms with Crippen LogP contribution >= 0.6 is 0 Å². The van der Waals surface area contributed by atoms with Gasteiger partial charge in [-0.3, -0.25) is 4.79 Å². The summed E-state index contributed by atoms with van der Waals surface area (Å²) in [4.78, 5) is 12.8. The lowest BCUT2D eigenvalue weighted by Crippen LogP contribution is -2.34. The third-order valence-corrected chi connectivity index (χ3v) is 4.27. The molecular weight excluding hydrogens is 232 g/mol. The minimum absolute atomic E-state index is 0.137. The average Bonchev–Trinajstić information content (AvgIpc) is 2.38. The quantitative estimate of drug-likeness (QED) is 0.501. The molecule has 0 aliphatic heterocycles. The first-order chi connectivity index (χ1) is 8.73. The first kappa shape index (κ1) is 15.7. The molecule has 1 aromatic carbocycles. The molecule has 0 aliphatic rings.